The van der Waals surface area contributed by atoms with Crippen LogP contribution in [0.5, 0.6) is 0 Å². The van der Waals surface area contributed by atoms with Crippen molar-refractivity contribution in [3.63, 3.8) is 0 Å². The number of aliphatic hydroxyl groups is 1. The lowest BCUT2D eigenvalue weighted by Gasteiger charge is -2.20. The van der Waals surface area contributed by atoms with Crippen LogP contribution in [-0.2, 0) is 14.3 Å². The lowest BCUT2D eigenvalue weighted by molar-refractivity contribution is -0.157. The van der Waals surface area contributed by atoms with Crippen LogP contribution in [0.4, 0.5) is 0 Å². The third kappa shape index (κ3) is 5.70. The van der Waals surface area contributed by atoms with Crippen molar-refractivity contribution < 1.29 is 19.4 Å². The van der Waals surface area contributed by atoms with Gasteiger partial charge >= 0.3 is 5.97 Å². The molecule has 0 unspecified atom stereocenters. The Labute approximate surface area is 84.3 Å². The average Bonchev–Trinajstić information content (AvgIpc) is 1.99. The predicted octanol–water partition coefficient (Wildman–Crippen LogP) is 0.916. The Hall–Kier alpha value is -0.900. The Morgan fingerprint density at radius 1 is 1.36 bits per heavy atom. The molecule has 0 aromatic heterocycles. The smallest absolute Gasteiger partial charge is 0.307 e. The summed E-state index contributed by atoms with van der Waals surface area (Å²) in [6.07, 6.45) is 0.0245. The highest BCUT2D eigenvalue weighted by Gasteiger charge is 2.21. The predicted molar refractivity (Wildman–Crippen MR) is 51.7 cm³/mol. The Morgan fingerprint density at radius 3 is 2.21 bits per heavy atom. The lowest BCUT2D eigenvalue weighted by Crippen LogP contribution is -2.27. The fraction of sp³-hybridized carbons (Fsp3) is 0.800. The number of carbonyl (C=O) groups is 2. The number of hydrogen-bond donors (Lipinski definition) is 1. The highest BCUT2D eigenvalue weighted by molar-refractivity contribution is 5.85. The van der Waals surface area contributed by atoms with Gasteiger partial charge in [-0.3, -0.25) is 9.59 Å². The van der Waals surface area contributed by atoms with E-state index in [-0.39, 0.29) is 12.2 Å². The van der Waals surface area contributed by atoms with Gasteiger partial charge in [0.15, 0.2) is 5.78 Å². The van der Waals surface area contributed by atoms with Crippen molar-refractivity contribution in [1.29, 1.82) is 0 Å². The Balaban J connectivity index is 4.01. The van der Waals surface area contributed by atoms with E-state index >= 15 is 0 Å². The third-order valence-electron chi connectivity index (χ3n) is 1.60. The van der Waals surface area contributed by atoms with Crippen LogP contribution in [0.1, 0.15) is 34.1 Å². The van der Waals surface area contributed by atoms with Crippen LogP contribution in [-0.4, -0.2) is 29.1 Å². The summed E-state index contributed by atoms with van der Waals surface area (Å²) >= 11 is 0. The van der Waals surface area contributed by atoms with E-state index in [1.807, 2.05) is 0 Å². The third-order valence-corrected chi connectivity index (χ3v) is 1.60. The lowest BCUT2D eigenvalue weighted by atomic mass is 10.0. The van der Waals surface area contributed by atoms with E-state index in [0.29, 0.717) is 0 Å². The maximum atomic E-state index is 11.2. The van der Waals surface area contributed by atoms with Crippen molar-refractivity contribution in [1.82, 2.24) is 0 Å². The molecule has 1 atom stereocenters. The first-order valence-electron chi connectivity index (χ1n) is 4.61. The van der Waals surface area contributed by atoms with Gasteiger partial charge in [0.05, 0.1) is 6.42 Å². The average molecular weight is 202 g/mol. The molecule has 0 saturated heterocycles. The molecular weight excluding hydrogens is 184 g/mol. The molecule has 0 radical (unpaired) electrons. The molecule has 4 heteroatoms. The van der Waals surface area contributed by atoms with Crippen molar-refractivity contribution in [2.75, 3.05) is 6.61 Å². The van der Waals surface area contributed by atoms with E-state index in [9.17, 15) is 9.59 Å². The summed E-state index contributed by atoms with van der Waals surface area (Å²) in [5.41, 5.74) is -0.529. The molecule has 1 N–H and O–H groups in total. The van der Waals surface area contributed by atoms with E-state index in [1.165, 1.54) is 0 Å². The van der Waals surface area contributed by atoms with Crippen LogP contribution in [0.15, 0.2) is 0 Å². The maximum Gasteiger partial charge on any atom is 0.307 e. The van der Waals surface area contributed by atoms with E-state index in [1.54, 1.807) is 27.7 Å². The highest BCUT2D eigenvalue weighted by atomic mass is 16.6. The molecule has 0 aliphatic heterocycles. The minimum atomic E-state index is -0.529. The topological polar surface area (TPSA) is 63.6 Å². The normalized spacial score (nSPS) is 13.5. The summed E-state index contributed by atoms with van der Waals surface area (Å²) in [6, 6.07) is 0. The van der Waals surface area contributed by atoms with Crippen molar-refractivity contribution in [2.45, 2.75) is 39.7 Å². The molecule has 0 bridgehead atoms. The number of esters is 1. The van der Waals surface area contributed by atoms with E-state index < -0.39 is 24.1 Å². The SMILES string of the molecule is C[C@@H](CC(=O)OC(C)(C)C)C(=O)CO. The number of carbonyl (C=O) groups excluding carboxylic acids is 2. The molecule has 0 aliphatic rings. The van der Waals surface area contributed by atoms with Gasteiger partial charge in [0.2, 0.25) is 0 Å². The van der Waals surface area contributed by atoms with Crippen LogP contribution < -0.4 is 0 Å². The fourth-order valence-corrected chi connectivity index (χ4v) is 0.903. The number of rotatable bonds is 4. The number of hydrogen-bond acceptors (Lipinski definition) is 4. The summed E-state index contributed by atoms with van der Waals surface area (Å²) < 4.78 is 5.03. The zero-order chi connectivity index (χ0) is 11.4. The highest BCUT2D eigenvalue weighted by Crippen LogP contribution is 2.12. The largest absolute Gasteiger partial charge is 0.460 e. The first kappa shape index (κ1) is 13.1. The second-order valence-electron chi connectivity index (χ2n) is 4.32. The number of ketones is 1. The summed E-state index contributed by atoms with van der Waals surface area (Å²) in [5, 5.41) is 8.55. The van der Waals surface area contributed by atoms with Crippen LogP contribution >= 0.6 is 0 Å². The van der Waals surface area contributed by atoms with Crippen LogP contribution in [0.25, 0.3) is 0 Å². The first-order valence-corrected chi connectivity index (χ1v) is 4.61. The molecule has 0 aliphatic carbocycles. The zero-order valence-corrected chi connectivity index (χ0v) is 9.16. The Kier molecular flexibility index (Phi) is 4.77. The molecule has 82 valence electrons. The van der Waals surface area contributed by atoms with Crippen molar-refractivity contribution in [2.24, 2.45) is 5.92 Å². The van der Waals surface area contributed by atoms with Gasteiger partial charge in [0.1, 0.15) is 12.2 Å². The molecule has 14 heavy (non-hydrogen) atoms. The first-order chi connectivity index (χ1) is 6.26. The fourth-order valence-electron chi connectivity index (χ4n) is 0.903. The Morgan fingerprint density at radius 2 is 1.86 bits per heavy atom. The Bertz CT molecular complexity index is 215. The van der Waals surface area contributed by atoms with Crippen molar-refractivity contribution >= 4 is 11.8 Å². The van der Waals surface area contributed by atoms with Gasteiger partial charge < -0.3 is 9.84 Å². The second kappa shape index (κ2) is 5.10. The quantitative estimate of drug-likeness (QED) is 0.688. The molecule has 0 fully saturated rings. The number of aliphatic hydroxyl groups excluding tert-OH is 1. The molecule has 4 nitrogen and oxygen atoms in total. The van der Waals surface area contributed by atoms with Gasteiger partial charge in [-0.15, -0.1) is 0 Å². The van der Waals surface area contributed by atoms with Crippen LogP contribution in [0.3, 0.4) is 0 Å². The number of ether oxygens (including phenoxy) is 1. The maximum absolute atomic E-state index is 11.2. The molecule has 0 spiro atoms. The van der Waals surface area contributed by atoms with E-state index in [4.69, 9.17) is 9.84 Å². The van der Waals surface area contributed by atoms with Gasteiger partial charge in [0.25, 0.3) is 0 Å². The van der Waals surface area contributed by atoms with Gasteiger partial charge in [-0.2, -0.15) is 0 Å². The van der Waals surface area contributed by atoms with Crippen LogP contribution in [0.2, 0.25) is 0 Å². The standard InChI is InChI=1S/C10H18O4/c1-7(8(12)6-11)5-9(13)14-10(2,3)4/h7,11H,5-6H2,1-4H3/t7-/m0/s1. The summed E-state index contributed by atoms with van der Waals surface area (Å²) in [4.78, 5) is 22.2. The molecule has 0 rings (SSSR count). The van der Waals surface area contributed by atoms with Crippen LogP contribution in [0, 0.1) is 5.92 Å². The minimum Gasteiger partial charge on any atom is -0.460 e. The monoisotopic (exact) mass is 202 g/mol. The van der Waals surface area contributed by atoms with E-state index in [0.717, 1.165) is 0 Å². The molecule has 0 aromatic carbocycles. The molecular formula is C10H18O4. The van der Waals surface area contributed by atoms with Gasteiger partial charge in [-0.05, 0) is 20.8 Å². The van der Waals surface area contributed by atoms with Crippen molar-refractivity contribution in [3.8, 4) is 0 Å². The van der Waals surface area contributed by atoms with Crippen molar-refractivity contribution in [3.05, 3.63) is 0 Å². The van der Waals surface area contributed by atoms with Gasteiger partial charge in [-0.25, -0.2) is 0 Å². The van der Waals surface area contributed by atoms with Gasteiger partial charge in [0, 0.05) is 5.92 Å². The summed E-state index contributed by atoms with van der Waals surface area (Å²) in [5.74, 6) is -1.22. The molecule has 0 saturated carbocycles. The van der Waals surface area contributed by atoms with E-state index in [2.05, 4.69) is 0 Å². The molecule has 0 aromatic rings. The second-order valence-corrected chi connectivity index (χ2v) is 4.32. The minimum absolute atomic E-state index is 0.0245. The molecule has 0 heterocycles. The summed E-state index contributed by atoms with van der Waals surface area (Å²) in [7, 11) is 0. The summed E-state index contributed by atoms with van der Waals surface area (Å²) in [6.45, 7) is 6.38. The number of Topliss-reactive ketones (excluding diaryl/α,β-unsaturated/α-hetero) is 1. The van der Waals surface area contributed by atoms with Gasteiger partial charge in [-0.1, -0.05) is 6.92 Å². The zero-order valence-electron chi connectivity index (χ0n) is 9.16. The molecule has 0 amide bonds.